The Balaban J connectivity index is 0.00000180. The van der Waals surface area contributed by atoms with Gasteiger partial charge in [-0.15, -0.1) is 0 Å². The van der Waals surface area contributed by atoms with E-state index >= 15 is 0 Å². The van der Waals surface area contributed by atoms with Crippen molar-refractivity contribution in [3.8, 4) is 22.3 Å². The van der Waals surface area contributed by atoms with Crippen LogP contribution in [0.1, 0.15) is 0 Å². The van der Waals surface area contributed by atoms with Gasteiger partial charge in [-0.25, -0.2) is 0 Å². The minimum atomic E-state index is 0. The number of hydrogen-bond donors (Lipinski definition) is 0. The van der Waals surface area contributed by atoms with Crippen LogP contribution in [0, 0.1) is 0 Å². The second-order valence-corrected chi connectivity index (χ2v) is 6.31. The average molecular weight is 645 g/mol. The Bertz CT molecular complexity index is 1140. The van der Waals surface area contributed by atoms with Gasteiger partial charge in [0.25, 0.3) is 0 Å². The molecule has 0 atom stereocenters. The van der Waals surface area contributed by atoms with Crippen molar-refractivity contribution in [3.05, 3.63) is 103 Å². The molecule has 2 aromatic heterocycles. The number of nitrogens with zero attached hydrogens (tertiary/aromatic N) is 2. The summed E-state index contributed by atoms with van der Waals surface area (Å²) in [5.41, 5.74) is 6.65. The van der Waals surface area contributed by atoms with E-state index in [1.54, 1.807) is 0 Å². The van der Waals surface area contributed by atoms with Crippen molar-refractivity contribution in [1.29, 1.82) is 0 Å². The minimum absolute atomic E-state index is 0. The number of benzene rings is 3. The maximum absolute atomic E-state index is 4.67. The second kappa shape index (κ2) is 12.7. The molecule has 0 aliphatic rings. The average Bonchev–Trinajstić information content (AvgIpc) is 2.74. The van der Waals surface area contributed by atoms with E-state index in [0.717, 1.165) is 21.8 Å². The molecule has 0 fully saturated rings. The molecule has 3 aromatic carbocycles. The summed E-state index contributed by atoms with van der Waals surface area (Å²) in [6.45, 7) is 0. The Morgan fingerprint density at radius 1 is 0.452 bits per heavy atom. The van der Waals surface area contributed by atoms with E-state index in [2.05, 4.69) is 82.8 Å². The van der Waals surface area contributed by atoms with Crippen LogP contribution in [0.5, 0.6) is 0 Å². The summed E-state index contributed by atoms with van der Waals surface area (Å²) in [5.74, 6) is 0. The molecule has 0 aliphatic carbocycles. The SMILES string of the molecule is [Cl-].[Cl-].[Cl-].[NH2-].[Os+4].c1ccc(-c2ccnc3c2ccc2c(-c4ccccc4)ccnc23)cc1. The summed E-state index contributed by atoms with van der Waals surface area (Å²) in [5, 5.41) is 2.26. The normalized spacial score (nSPS) is 9.29. The fraction of sp³-hybridized carbons (Fsp3) is 0. The maximum atomic E-state index is 4.67. The zero-order chi connectivity index (χ0) is 17.3. The first-order valence-electron chi connectivity index (χ1n) is 8.69. The van der Waals surface area contributed by atoms with Gasteiger partial charge in [-0.05, 0) is 34.4 Å². The molecule has 0 aliphatic heterocycles. The molecule has 158 valence electrons. The molecule has 0 unspecified atom stereocenters. The van der Waals surface area contributed by atoms with E-state index < -0.39 is 0 Å². The van der Waals surface area contributed by atoms with Gasteiger partial charge >= 0.3 is 19.8 Å². The zero-order valence-corrected chi connectivity index (χ0v) is 21.0. The number of halogens is 3. The molecule has 5 rings (SSSR count). The van der Waals surface area contributed by atoms with Gasteiger partial charge in [-0.3, -0.25) is 9.97 Å². The number of aromatic nitrogens is 2. The number of pyridine rings is 2. The Morgan fingerprint density at radius 2 is 0.806 bits per heavy atom. The molecule has 0 radical (unpaired) electrons. The summed E-state index contributed by atoms with van der Waals surface area (Å²) in [4.78, 5) is 9.34. The number of rotatable bonds is 2. The van der Waals surface area contributed by atoms with Gasteiger partial charge in [0.05, 0.1) is 11.0 Å². The van der Waals surface area contributed by atoms with Crippen LogP contribution in [0.2, 0.25) is 0 Å². The summed E-state index contributed by atoms with van der Waals surface area (Å²) >= 11 is 0. The van der Waals surface area contributed by atoms with Crippen molar-refractivity contribution >= 4 is 21.8 Å². The molecule has 2 N–H and O–H groups in total. The summed E-state index contributed by atoms with van der Waals surface area (Å²) in [6.07, 6.45) is 3.75. The van der Waals surface area contributed by atoms with Gasteiger partial charge in [0, 0.05) is 23.2 Å². The molecule has 0 amide bonds. The number of nitrogens with two attached hydrogens (primary N) is 1. The van der Waals surface area contributed by atoms with Crippen molar-refractivity contribution < 1.29 is 57.0 Å². The molecule has 7 heteroatoms. The van der Waals surface area contributed by atoms with Crippen LogP contribution in [-0.2, 0) is 19.8 Å². The maximum Gasteiger partial charge on any atom is 4.00 e. The van der Waals surface area contributed by atoms with Crippen LogP contribution >= 0.6 is 0 Å². The van der Waals surface area contributed by atoms with E-state index in [9.17, 15) is 0 Å². The van der Waals surface area contributed by atoms with Gasteiger partial charge in [-0.1, -0.05) is 72.8 Å². The molecule has 2 heterocycles. The Hall–Kier alpha value is -2.05. The Kier molecular flexibility index (Phi) is 11.9. The van der Waals surface area contributed by atoms with Crippen molar-refractivity contribution in [2.45, 2.75) is 0 Å². The van der Waals surface area contributed by atoms with Gasteiger partial charge in [0.2, 0.25) is 0 Å². The third-order valence-electron chi connectivity index (χ3n) is 4.79. The first-order chi connectivity index (χ1) is 12.9. The van der Waals surface area contributed by atoms with E-state index in [1.165, 1.54) is 22.3 Å². The molecule has 31 heavy (non-hydrogen) atoms. The summed E-state index contributed by atoms with van der Waals surface area (Å²) < 4.78 is 0. The van der Waals surface area contributed by atoms with Crippen molar-refractivity contribution in [2.24, 2.45) is 0 Å². The van der Waals surface area contributed by atoms with Crippen LogP contribution in [0.15, 0.2) is 97.3 Å². The summed E-state index contributed by atoms with van der Waals surface area (Å²) in [6, 6.07) is 29.3. The van der Waals surface area contributed by atoms with E-state index in [-0.39, 0.29) is 63.2 Å². The molecule has 0 saturated carbocycles. The van der Waals surface area contributed by atoms with Crippen molar-refractivity contribution in [2.75, 3.05) is 0 Å². The second-order valence-electron chi connectivity index (χ2n) is 6.31. The standard InChI is InChI=1S/C24H16N2.3ClH.H2N.Os/c1-3-7-17(8-4-1)19-13-15-25-23-21(19)11-12-22-20(14-16-26-24(22)23)18-9-5-2-6-10-18;;;;;/h1-16H;3*1H;1H2;/q;;;;-1;+4/p-3. The third kappa shape index (κ3) is 5.41. The van der Waals surface area contributed by atoms with E-state index in [1.807, 2.05) is 24.5 Å². The van der Waals surface area contributed by atoms with Crippen LogP contribution in [0.3, 0.4) is 0 Å². The van der Waals surface area contributed by atoms with E-state index in [4.69, 9.17) is 0 Å². The van der Waals surface area contributed by atoms with Crippen LogP contribution in [-0.4, -0.2) is 9.97 Å². The van der Waals surface area contributed by atoms with E-state index in [0.29, 0.717) is 0 Å². The Morgan fingerprint density at radius 3 is 1.16 bits per heavy atom. The smallest absolute Gasteiger partial charge is 1.00 e. The van der Waals surface area contributed by atoms with Crippen LogP contribution < -0.4 is 37.2 Å². The fourth-order valence-electron chi connectivity index (χ4n) is 3.57. The van der Waals surface area contributed by atoms with Crippen LogP contribution in [0.25, 0.3) is 50.2 Å². The zero-order valence-electron chi connectivity index (χ0n) is 16.2. The topological polar surface area (TPSA) is 59.3 Å². The number of hydrogen-bond acceptors (Lipinski definition) is 2. The molecule has 5 aromatic rings. The van der Waals surface area contributed by atoms with Gasteiger partial charge in [-0.2, -0.15) is 0 Å². The molecule has 0 spiro atoms. The number of fused-ring (bicyclic) bond motifs is 3. The molecular weight excluding hydrogens is 627 g/mol. The minimum Gasteiger partial charge on any atom is -1.00 e. The molecule has 0 saturated heterocycles. The third-order valence-corrected chi connectivity index (χ3v) is 4.79. The fourth-order valence-corrected chi connectivity index (χ4v) is 3.57. The first kappa shape index (κ1) is 28.9. The van der Waals surface area contributed by atoms with Gasteiger partial charge < -0.3 is 43.4 Å². The largest absolute Gasteiger partial charge is 4.00 e. The van der Waals surface area contributed by atoms with Gasteiger partial charge in [0.15, 0.2) is 0 Å². The molecule has 0 bridgehead atoms. The van der Waals surface area contributed by atoms with Crippen molar-refractivity contribution in [1.82, 2.24) is 9.97 Å². The Labute approximate surface area is 213 Å². The first-order valence-corrected chi connectivity index (χ1v) is 8.69. The predicted octanol–water partition coefficient (Wildman–Crippen LogP) is -2.16. The molecular formula is C24H18Cl3N3Os. The van der Waals surface area contributed by atoms with Gasteiger partial charge in [0.1, 0.15) is 0 Å². The summed E-state index contributed by atoms with van der Waals surface area (Å²) in [7, 11) is 0. The molecule has 3 nitrogen and oxygen atoms in total. The van der Waals surface area contributed by atoms with Crippen molar-refractivity contribution in [3.63, 3.8) is 0 Å². The van der Waals surface area contributed by atoms with Crippen LogP contribution in [0.4, 0.5) is 0 Å². The predicted molar refractivity (Wildman–Crippen MR) is 113 cm³/mol. The quantitative estimate of drug-likeness (QED) is 0.206. The monoisotopic (exact) mass is 645 g/mol.